The highest BCUT2D eigenvalue weighted by atomic mass is 19.3. The molecule has 34 heavy (non-hydrogen) atoms. The van der Waals surface area contributed by atoms with Crippen molar-refractivity contribution in [1.29, 1.82) is 0 Å². The Hall–Kier alpha value is -4.35. The highest BCUT2D eigenvalue weighted by Crippen LogP contribution is 2.26. The zero-order chi connectivity index (χ0) is 24.3. The summed E-state index contributed by atoms with van der Waals surface area (Å²) in [7, 11) is 0. The van der Waals surface area contributed by atoms with Crippen LogP contribution < -0.4 is 15.2 Å². The molecule has 0 unspecified atom stereocenters. The third-order valence-electron chi connectivity index (χ3n) is 4.50. The lowest BCUT2D eigenvalue weighted by molar-refractivity contribution is -0.158. The fourth-order valence-corrected chi connectivity index (χ4v) is 3.03. The van der Waals surface area contributed by atoms with Gasteiger partial charge >= 0.3 is 6.11 Å². The summed E-state index contributed by atoms with van der Waals surface area (Å²) in [6.07, 6.45) is -3.28. The molecule has 4 aromatic rings. The molecule has 176 valence electrons. The molecule has 2 aromatic heterocycles. The van der Waals surface area contributed by atoms with Crippen molar-refractivity contribution >= 4 is 5.91 Å². The number of ether oxygens (including phenoxy) is 2. The molecule has 0 bridgehead atoms. The number of aryl methyl sites for hydroxylation is 1. The van der Waals surface area contributed by atoms with Gasteiger partial charge in [0.2, 0.25) is 11.6 Å². The van der Waals surface area contributed by atoms with Gasteiger partial charge in [-0.2, -0.15) is 13.8 Å². The van der Waals surface area contributed by atoms with E-state index in [1.165, 1.54) is 12.1 Å². The maximum atomic E-state index is 13.0. The van der Waals surface area contributed by atoms with E-state index in [9.17, 15) is 13.6 Å². The molecule has 0 fully saturated rings. The van der Waals surface area contributed by atoms with Crippen LogP contribution in [-0.4, -0.2) is 43.5 Å². The number of primary amides is 1. The number of aromatic nitrogens is 5. The molecule has 2 N–H and O–H groups in total. The molecule has 0 saturated carbocycles. The Morgan fingerprint density at radius 3 is 2.59 bits per heavy atom. The van der Waals surface area contributed by atoms with E-state index in [4.69, 9.17) is 15.0 Å². The molecule has 10 nitrogen and oxygen atoms in total. The molecule has 2 heterocycles. The van der Waals surface area contributed by atoms with E-state index in [1.807, 2.05) is 6.07 Å². The first-order valence-corrected chi connectivity index (χ1v) is 10.1. The van der Waals surface area contributed by atoms with E-state index in [0.717, 1.165) is 5.56 Å². The minimum atomic E-state index is -3.28. The Labute approximate surface area is 192 Å². The Kier molecular flexibility index (Phi) is 6.21. The summed E-state index contributed by atoms with van der Waals surface area (Å²) in [5.41, 5.74) is 6.52. The van der Waals surface area contributed by atoms with Crippen LogP contribution in [0, 0.1) is 6.92 Å². The highest BCUT2D eigenvalue weighted by molar-refractivity contribution is 5.75. The number of halogens is 2. The van der Waals surface area contributed by atoms with Gasteiger partial charge in [-0.15, -0.1) is 5.10 Å². The number of nitrogens with two attached hydrogens (primary N) is 1. The average molecular weight is 470 g/mol. The van der Waals surface area contributed by atoms with Gasteiger partial charge in [0.1, 0.15) is 17.3 Å². The topological polar surface area (TPSA) is 131 Å². The number of nitrogens with zero attached hydrogens (tertiary/aromatic N) is 5. The van der Waals surface area contributed by atoms with Gasteiger partial charge in [-0.25, -0.2) is 9.67 Å². The zero-order valence-electron chi connectivity index (χ0n) is 18.2. The largest absolute Gasteiger partial charge is 0.484 e. The fourth-order valence-electron chi connectivity index (χ4n) is 3.03. The number of benzene rings is 2. The van der Waals surface area contributed by atoms with Crippen LogP contribution in [-0.2, 0) is 11.3 Å². The predicted octanol–water partition coefficient (Wildman–Crippen LogP) is 3.21. The van der Waals surface area contributed by atoms with Crippen LogP contribution in [0.2, 0.25) is 0 Å². The molecule has 0 aliphatic carbocycles. The Bertz CT molecular complexity index is 1300. The van der Waals surface area contributed by atoms with E-state index in [2.05, 4.69) is 25.0 Å². The Morgan fingerprint density at radius 2 is 1.88 bits per heavy atom. The number of amides is 1. The van der Waals surface area contributed by atoms with Crippen molar-refractivity contribution in [2.45, 2.75) is 26.5 Å². The maximum absolute atomic E-state index is 13.0. The lowest BCUT2D eigenvalue weighted by Crippen LogP contribution is -2.20. The molecule has 0 radical (unpaired) electrons. The second kappa shape index (κ2) is 9.25. The van der Waals surface area contributed by atoms with Gasteiger partial charge in [-0.1, -0.05) is 17.3 Å². The summed E-state index contributed by atoms with van der Waals surface area (Å²) in [5.74, 6) is 1.17. The molecule has 0 saturated heterocycles. The van der Waals surface area contributed by atoms with Crippen LogP contribution in [0.3, 0.4) is 0 Å². The van der Waals surface area contributed by atoms with Gasteiger partial charge in [0.25, 0.3) is 11.8 Å². The first-order chi connectivity index (χ1) is 16.2. The van der Waals surface area contributed by atoms with Crippen LogP contribution in [0.5, 0.6) is 11.5 Å². The van der Waals surface area contributed by atoms with E-state index in [1.54, 1.807) is 41.9 Å². The first kappa shape index (κ1) is 22.8. The van der Waals surface area contributed by atoms with Crippen molar-refractivity contribution in [3.8, 4) is 34.6 Å². The Morgan fingerprint density at radius 1 is 1.12 bits per heavy atom. The van der Waals surface area contributed by atoms with Crippen molar-refractivity contribution in [3.63, 3.8) is 0 Å². The van der Waals surface area contributed by atoms with E-state index >= 15 is 0 Å². The molecule has 0 spiro atoms. The van der Waals surface area contributed by atoms with Gasteiger partial charge < -0.3 is 19.7 Å². The molecule has 0 aliphatic rings. The summed E-state index contributed by atoms with van der Waals surface area (Å²) < 4.78 is 42.7. The summed E-state index contributed by atoms with van der Waals surface area (Å²) in [6.45, 7) is 2.62. The number of hydrogen-bond acceptors (Lipinski definition) is 8. The average Bonchev–Trinajstić information content (AvgIpc) is 3.39. The first-order valence-electron chi connectivity index (χ1n) is 10.1. The predicted molar refractivity (Wildman–Crippen MR) is 115 cm³/mol. The van der Waals surface area contributed by atoms with Crippen LogP contribution >= 0.6 is 0 Å². The maximum Gasteiger partial charge on any atom is 0.394 e. The van der Waals surface area contributed by atoms with Gasteiger partial charge in [-0.3, -0.25) is 4.79 Å². The number of hydrogen-bond donors (Lipinski definition) is 1. The third-order valence-corrected chi connectivity index (χ3v) is 4.50. The molecule has 4 rings (SSSR count). The molecule has 0 atom stereocenters. The lowest BCUT2D eigenvalue weighted by Gasteiger charge is -2.12. The lowest BCUT2D eigenvalue weighted by atomic mass is 10.2. The van der Waals surface area contributed by atoms with Gasteiger partial charge in [-0.05, 0) is 48.9 Å². The summed E-state index contributed by atoms with van der Waals surface area (Å²) in [4.78, 5) is 19.6. The summed E-state index contributed by atoms with van der Waals surface area (Å²) >= 11 is 0. The highest BCUT2D eigenvalue weighted by Gasteiger charge is 2.23. The second-order valence-corrected chi connectivity index (χ2v) is 7.40. The summed E-state index contributed by atoms with van der Waals surface area (Å²) in [6, 6.07) is 13.0. The molecule has 12 heteroatoms. The molecule has 0 aliphatic heterocycles. The van der Waals surface area contributed by atoms with Crippen LogP contribution in [0.4, 0.5) is 8.78 Å². The molecule has 2 aromatic carbocycles. The standard InChI is InChI=1S/C22H20F2N6O4/c1-13-26-20(28-30(13)11-14-4-3-5-17(10-14)32-12-18(25)31)21-27-19(29-34-21)15-6-8-16(9-7-15)33-22(2,23)24/h3-10H,11-12H2,1-2H3,(H2,25,31). The van der Waals surface area contributed by atoms with Crippen LogP contribution in [0.15, 0.2) is 53.1 Å². The monoisotopic (exact) mass is 470 g/mol. The smallest absolute Gasteiger partial charge is 0.394 e. The minimum Gasteiger partial charge on any atom is -0.484 e. The molecular weight excluding hydrogens is 450 g/mol. The second-order valence-electron chi connectivity index (χ2n) is 7.40. The van der Waals surface area contributed by atoms with E-state index in [0.29, 0.717) is 30.6 Å². The number of alkyl halides is 2. The SMILES string of the molecule is Cc1nc(-c2nc(-c3ccc(OC(C)(F)F)cc3)no2)nn1Cc1cccc(OCC(N)=O)c1. The van der Waals surface area contributed by atoms with E-state index in [-0.39, 0.29) is 29.9 Å². The number of carbonyl (C=O) groups is 1. The van der Waals surface area contributed by atoms with Crippen molar-refractivity contribution in [3.05, 3.63) is 59.9 Å². The van der Waals surface area contributed by atoms with Gasteiger partial charge in [0.05, 0.1) is 6.54 Å². The normalized spacial score (nSPS) is 11.4. The quantitative estimate of drug-likeness (QED) is 0.395. The fraction of sp³-hybridized carbons (Fsp3) is 0.227. The van der Waals surface area contributed by atoms with E-state index < -0.39 is 12.0 Å². The number of carbonyl (C=O) groups excluding carboxylic acids is 1. The molecule has 1 amide bonds. The zero-order valence-corrected chi connectivity index (χ0v) is 18.2. The van der Waals surface area contributed by atoms with Gasteiger partial charge in [0, 0.05) is 12.5 Å². The number of rotatable bonds is 9. The van der Waals surface area contributed by atoms with Crippen molar-refractivity contribution in [2.24, 2.45) is 5.73 Å². The van der Waals surface area contributed by atoms with Crippen molar-refractivity contribution < 1.29 is 27.6 Å². The van der Waals surface area contributed by atoms with Crippen LogP contribution in [0.25, 0.3) is 23.1 Å². The van der Waals surface area contributed by atoms with Gasteiger partial charge in [0.15, 0.2) is 6.61 Å². The Balaban J connectivity index is 1.48. The minimum absolute atomic E-state index is 0.0140. The summed E-state index contributed by atoms with van der Waals surface area (Å²) in [5, 5.41) is 8.35. The third kappa shape index (κ3) is 5.71. The van der Waals surface area contributed by atoms with Crippen LogP contribution in [0.1, 0.15) is 18.3 Å². The molecular formula is C22H20F2N6O4. The van der Waals surface area contributed by atoms with Crippen molar-refractivity contribution in [1.82, 2.24) is 24.9 Å². The van der Waals surface area contributed by atoms with Crippen molar-refractivity contribution in [2.75, 3.05) is 6.61 Å².